The van der Waals surface area contributed by atoms with Crippen LogP contribution in [0.3, 0.4) is 0 Å². The number of nitrogens with one attached hydrogen (secondary N) is 2. The predicted molar refractivity (Wildman–Crippen MR) is 82.4 cm³/mol. The summed E-state index contributed by atoms with van der Waals surface area (Å²) in [6.45, 7) is 3.63. The number of benzene rings is 1. The molecule has 3 aromatic rings. The summed E-state index contributed by atoms with van der Waals surface area (Å²) >= 11 is 6.10. The highest BCUT2D eigenvalue weighted by Crippen LogP contribution is 2.20. The number of carbonyl (C=O) groups is 1. The van der Waals surface area contributed by atoms with E-state index in [1.165, 1.54) is 10.9 Å². The van der Waals surface area contributed by atoms with Crippen molar-refractivity contribution in [2.45, 2.75) is 13.8 Å². The van der Waals surface area contributed by atoms with Crippen molar-refractivity contribution in [1.29, 1.82) is 0 Å². The fourth-order valence-electron chi connectivity index (χ4n) is 2.04. The van der Waals surface area contributed by atoms with Gasteiger partial charge in [0, 0.05) is 0 Å². The first-order chi connectivity index (χ1) is 10.6. The third-order valence-electron chi connectivity index (χ3n) is 3.19. The Morgan fingerprint density at radius 1 is 1.32 bits per heavy atom. The molecule has 0 radical (unpaired) electrons. The fourth-order valence-corrected chi connectivity index (χ4v) is 2.26. The van der Waals surface area contributed by atoms with E-state index in [1.54, 1.807) is 19.1 Å². The van der Waals surface area contributed by atoms with Crippen molar-refractivity contribution in [2.75, 3.05) is 5.32 Å². The van der Waals surface area contributed by atoms with Gasteiger partial charge in [-0.1, -0.05) is 28.9 Å². The number of amides is 1. The van der Waals surface area contributed by atoms with Crippen LogP contribution in [0.25, 0.3) is 5.69 Å². The molecular weight excluding hydrogens is 304 g/mol. The molecule has 1 aromatic carbocycles. The van der Waals surface area contributed by atoms with Crippen LogP contribution >= 0.6 is 11.6 Å². The van der Waals surface area contributed by atoms with E-state index >= 15 is 0 Å². The van der Waals surface area contributed by atoms with Gasteiger partial charge >= 0.3 is 0 Å². The monoisotopic (exact) mass is 316 g/mol. The SMILES string of the molecule is Cc1n[nH]c(C)c1NC(=O)c1cn(-c2ccccc2Cl)nn1. The van der Waals surface area contributed by atoms with Gasteiger partial charge in [-0.25, -0.2) is 4.68 Å². The van der Waals surface area contributed by atoms with Gasteiger partial charge in [0.2, 0.25) is 0 Å². The normalized spacial score (nSPS) is 10.7. The van der Waals surface area contributed by atoms with Crippen molar-refractivity contribution in [3.05, 3.63) is 52.6 Å². The van der Waals surface area contributed by atoms with Crippen LogP contribution in [-0.4, -0.2) is 31.1 Å². The lowest BCUT2D eigenvalue weighted by Crippen LogP contribution is -2.13. The highest BCUT2D eigenvalue weighted by Gasteiger charge is 2.16. The van der Waals surface area contributed by atoms with Crippen LogP contribution in [0.4, 0.5) is 5.69 Å². The van der Waals surface area contributed by atoms with Gasteiger partial charge in [-0.3, -0.25) is 9.89 Å². The van der Waals surface area contributed by atoms with Gasteiger partial charge in [-0.2, -0.15) is 5.10 Å². The molecule has 7 nitrogen and oxygen atoms in total. The molecule has 112 valence electrons. The molecule has 3 rings (SSSR count). The molecule has 0 aliphatic carbocycles. The van der Waals surface area contributed by atoms with Crippen LogP contribution in [0, 0.1) is 13.8 Å². The van der Waals surface area contributed by atoms with Crippen LogP contribution < -0.4 is 5.32 Å². The van der Waals surface area contributed by atoms with Crippen LogP contribution in [0.2, 0.25) is 5.02 Å². The number of hydrogen-bond donors (Lipinski definition) is 2. The predicted octanol–water partition coefficient (Wildman–Crippen LogP) is 2.51. The van der Waals surface area contributed by atoms with Gasteiger partial charge in [0.05, 0.1) is 34.0 Å². The van der Waals surface area contributed by atoms with E-state index in [2.05, 4.69) is 25.8 Å². The summed E-state index contributed by atoms with van der Waals surface area (Å²) in [5, 5.41) is 18.0. The Kier molecular flexibility index (Phi) is 3.64. The number of aromatic amines is 1. The maximum atomic E-state index is 12.2. The first kappa shape index (κ1) is 14.3. The molecule has 0 unspecified atom stereocenters. The Hall–Kier alpha value is -2.67. The van der Waals surface area contributed by atoms with E-state index in [0.717, 1.165) is 5.69 Å². The van der Waals surface area contributed by atoms with E-state index in [-0.39, 0.29) is 11.6 Å². The highest BCUT2D eigenvalue weighted by atomic mass is 35.5. The third-order valence-corrected chi connectivity index (χ3v) is 3.51. The number of rotatable bonds is 3. The smallest absolute Gasteiger partial charge is 0.277 e. The van der Waals surface area contributed by atoms with Gasteiger partial charge < -0.3 is 5.32 Å². The highest BCUT2D eigenvalue weighted by molar-refractivity contribution is 6.32. The molecule has 8 heteroatoms. The summed E-state index contributed by atoms with van der Waals surface area (Å²) < 4.78 is 1.46. The van der Waals surface area contributed by atoms with E-state index in [4.69, 9.17) is 11.6 Å². The van der Waals surface area contributed by atoms with Crippen LogP contribution in [-0.2, 0) is 0 Å². The minimum Gasteiger partial charge on any atom is -0.317 e. The minimum absolute atomic E-state index is 0.194. The molecule has 0 bridgehead atoms. The number of carbonyl (C=O) groups excluding carboxylic acids is 1. The zero-order chi connectivity index (χ0) is 15.7. The summed E-state index contributed by atoms with van der Waals surface area (Å²) in [4.78, 5) is 12.2. The first-order valence-corrected chi connectivity index (χ1v) is 6.94. The van der Waals surface area contributed by atoms with Gasteiger partial charge in [0.25, 0.3) is 5.91 Å². The third kappa shape index (κ3) is 2.58. The lowest BCUT2D eigenvalue weighted by atomic mass is 10.3. The van der Waals surface area contributed by atoms with Crippen molar-refractivity contribution in [3.63, 3.8) is 0 Å². The summed E-state index contributed by atoms with van der Waals surface area (Å²) in [7, 11) is 0. The number of aromatic nitrogens is 5. The number of halogens is 1. The molecule has 0 aliphatic heterocycles. The maximum Gasteiger partial charge on any atom is 0.277 e. The summed E-state index contributed by atoms with van der Waals surface area (Å²) in [5.41, 5.74) is 3.00. The summed E-state index contributed by atoms with van der Waals surface area (Å²) in [6.07, 6.45) is 1.53. The van der Waals surface area contributed by atoms with Crippen LogP contribution in [0.5, 0.6) is 0 Å². The average Bonchev–Trinajstić information content (AvgIpc) is 3.10. The number of nitrogens with zero attached hydrogens (tertiary/aromatic N) is 4. The largest absolute Gasteiger partial charge is 0.317 e. The van der Waals surface area contributed by atoms with Crippen molar-refractivity contribution >= 4 is 23.2 Å². The van der Waals surface area contributed by atoms with Crippen molar-refractivity contribution < 1.29 is 4.79 Å². The second-order valence-electron chi connectivity index (χ2n) is 4.76. The van der Waals surface area contributed by atoms with Gasteiger partial charge in [-0.05, 0) is 26.0 Å². The topological polar surface area (TPSA) is 88.5 Å². The molecule has 0 atom stereocenters. The Labute approximate surface area is 131 Å². The standard InChI is InChI=1S/C14H13ClN6O/c1-8-13(9(2)18-17-8)16-14(22)11-7-21(20-19-11)12-6-4-3-5-10(12)15/h3-7H,1-2H3,(H,16,22)(H,17,18). The number of aryl methyl sites for hydroxylation is 2. The van der Waals surface area contributed by atoms with E-state index in [9.17, 15) is 4.79 Å². The number of anilines is 1. The molecule has 0 fully saturated rings. The molecule has 0 aliphatic rings. The van der Waals surface area contributed by atoms with Crippen molar-refractivity contribution in [3.8, 4) is 5.69 Å². The zero-order valence-corrected chi connectivity index (χ0v) is 12.7. The molecule has 0 saturated carbocycles. The second kappa shape index (κ2) is 5.61. The number of hydrogen-bond acceptors (Lipinski definition) is 4. The Bertz CT molecular complexity index is 818. The summed E-state index contributed by atoms with van der Waals surface area (Å²) in [5.74, 6) is -0.356. The van der Waals surface area contributed by atoms with E-state index in [0.29, 0.717) is 22.1 Å². The Balaban J connectivity index is 1.85. The molecular formula is C14H13ClN6O. The number of para-hydroxylation sites is 1. The van der Waals surface area contributed by atoms with Crippen LogP contribution in [0.15, 0.2) is 30.5 Å². The maximum absolute atomic E-state index is 12.2. The van der Waals surface area contributed by atoms with Crippen molar-refractivity contribution in [2.24, 2.45) is 0 Å². The lowest BCUT2D eigenvalue weighted by molar-refractivity contribution is 0.102. The lowest BCUT2D eigenvalue weighted by Gasteiger charge is -2.02. The second-order valence-corrected chi connectivity index (χ2v) is 5.17. The molecule has 2 heterocycles. The molecule has 1 amide bonds. The van der Waals surface area contributed by atoms with Gasteiger partial charge in [0.1, 0.15) is 0 Å². The quantitative estimate of drug-likeness (QED) is 0.777. The zero-order valence-electron chi connectivity index (χ0n) is 12.0. The molecule has 22 heavy (non-hydrogen) atoms. The Morgan fingerprint density at radius 2 is 2.09 bits per heavy atom. The Morgan fingerprint density at radius 3 is 2.77 bits per heavy atom. The van der Waals surface area contributed by atoms with Gasteiger partial charge in [-0.15, -0.1) is 5.10 Å². The van der Waals surface area contributed by atoms with Gasteiger partial charge in [0.15, 0.2) is 5.69 Å². The summed E-state index contributed by atoms with van der Waals surface area (Å²) in [6, 6.07) is 7.20. The average molecular weight is 317 g/mol. The molecule has 2 N–H and O–H groups in total. The fraction of sp³-hybridized carbons (Fsp3) is 0.143. The number of H-pyrrole nitrogens is 1. The van der Waals surface area contributed by atoms with E-state index in [1.807, 2.05) is 19.1 Å². The van der Waals surface area contributed by atoms with E-state index < -0.39 is 0 Å². The molecule has 2 aromatic heterocycles. The minimum atomic E-state index is -0.356. The molecule has 0 spiro atoms. The van der Waals surface area contributed by atoms with Crippen molar-refractivity contribution in [1.82, 2.24) is 25.2 Å². The van der Waals surface area contributed by atoms with Crippen LogP contribution in [0.1, 0.15) is 21.9 Å². The first-order valence-electron chi connectivity index (χ1n) is 6.56. The molecule has 0 saturated heterocycles.